The van der Waals surface area contributed by atoms with Crippen molar-refractivity contribution in [1.82, 2.24) is 5.73 Å². The number of benzene rings is 1. The maximum absolute atomic E-state index is 10.7. The fourth-order valence-electron chi connectivity index (χ4n) is 0.995. The molecule has 0 aliphatic heterocycles. The van der Waals surface area contributed by atoms with E-state index in [0.29, 0.717) is 5.56 Å². The highest BCUT2D eigenvalue weighted by molar-refractivity contribution is 5.98. The van der Waals surface area contributed by atoms with Gasteiger partial charge in [-0.3, -0.25) is 4.79 Å². The van der Waals surface area contributed by atoms with E-state index in [1.165, 1.54) is 0 Å². The molecule has 0 heterocycles. The van der Waals surface area contributed by atoms with Crippen molar-refractivity contribution < 1.29 is 4.79 Å². The molecule has 1 rings (SSSR count). The van der Waals surface area contributed by atoms with Gasteiger partial charge in [0, 0.05) is 0 Å². The van der Waals surface area contributed by atoms with Gasteiger partial charge in [0.1, 0.15) is 0 Å². The van der Waals surface area contributed by atoms with E-state index < -0.39 is 5.91 Å². The summed E-state index contributed by atoms with van der Waals surface area (Å²) in [7, 11) is 0. The van der Waals surface area contributed by atoms with Gasteiger partial charge in [-0.25, -0.2) is 0 Å². The van der Waals surface area contributed by atoms with Crippen molar-refractivity contribution in [3.05, 3.63) is 29.3 Å². The Balaban J connectivity index is 3.32. The molecule has 0 spiro atoms. The summed E-state index contributed by atoms with van der Waals surface area (Å²) >= 11 is 0. The van der Waals surface area contributed by atoms with E-state index in [9.17, 15) is 4.79 Å². The molecule has 1 radical (unpaired) electrons. The summed E-state index contributed by atoms with van der Waals surface area (Å²) in [5.74, 6) is -0.534. The van der Waals surface area contributed by atoms with Crippen LogP contribution in [0.25, 0.3) is 0 Å². The molecule has 1 amide bonds. The van der Waals surface area contributed by atoms with E-state index in [1.807, 2.05) is 0 Å². The summed E-state index contributed by atoms with van der Waals surface area (Å²) in [4.78, 5) is 10.7. The molecule has 0 saturated carbocycles. The second-order valence-electron chi connectivity index (χ2n) is 2.36. The lowest BCUT2D eigenvalue weighted by Gasteiger charge is -2.02. The van der Waals surface area contributed by atoms with Crippen LogP contribution in [-0.4, -0.2) is 5.91 Å². The Hall–Kier alpha value is -1.51. The molecule has 0 unspecified atom stereocenters. The van der Waals surface area contributed by atoms with Crippen molar-refractivity contribution >= 4 is 11.6 Å². The van der Waals surface area contributed by atoms with Crippen LogP contribution < -0.4 is 11.5 Å². The van der Waals surface area contributed by atoms with Crippen molar-refractivity contribution in [1.29, 1.82) is 0 Å². The van der Waals surface area contributed by atoms with E-state index in [1.54, 1.807) is 25.1 Å². The molecule has 3 N–H and O–H groups in total. The second-order valence-corrected chi connectivity index (χ2v) is 2.36. The summed E-state index contributed by atoms with van der Waals surface area (Å²) in [6, 6.07) is 5.04. The van der Waals surface area contributed by atoms with Crippen molar-refractivity contribution in [3.63, 3.8) is 0 Å². The highest BCUT2D eigenvalue weighted by Gasteiger charge is 2.07. The van der Waals surface area contributed by atoms with Gasteiger partial charge >= 0.3 is 0 Å². The van der Waals surface area contributed by atoms with Crippen LogP contribution in [0.2, 0.25) is 0 Å². The zero-order valence-electron chi connectivity index (χ0n) is 6.22. The van der Waals surface area contributed by atoms with Gasteiger partial charge < -0.3 is 11.5 Å². The Morgan fingerprint density at radius 1 is 1.55 bits per heavy atom. The predicted octanol–water partition coefficient (Wildman–Crippen LogP) is 1.01. The number of nitrogens with two attached hydrogens (primary N) is 1. The highest BCUT2D eigenvalue weighted by atomic mass is 16.1. The summed E-state index contributed by atoms with van der Waals surface area (Å²) in [5.41, 5.74) is 13.7. The van der Waals surface area contributed by atoms with Crippen molar-refractivity contribution in [3.8, 4) is 0 Å². The summed E-state index contributed by atoms with van der Waals surface area (Å²) < 4.78 is 0. The zero-order valence-corrected chi connectivity index (χ0v) is 6.22. The molecule has 0 aliphatic rings. The third-order valence-corrected chi connectivity index (χ3v) is 1.52. The number of carbonyl (C=O) groups is 1. The standard InChI is InChI=1S/C8H9N2O/c1-5-3-2-4-6(9)7(5)8(10)11/h2-4,9H,1H3,(H2,10,11). The SMILES string of the molecule is Cc1cccc([NH])c1C(N)=O. The van der Waals surface area contributed by atoms with Crippen molar-refractivity contribution in [2.45, 2.75) is 6.92 Å². The molecule has 57 valence electrons. The smallest absolute Gasteiger partial charge is 0.251 e. The minimum absolute atomic E-state index is 0.192. The Bertz CT molecular complexity index is 274. The molecule has 3 nitrogen and oxygen atoms in total. The number of rotatable bonds is 1. The molecule has 11 heavy (non-hydrogen) atoms. The van der Waals surface area contributed by atoms with Gasteiger partial charge in [0.05, 0.1) is 11.3 Å². The normalized spacial score (nSPS) is 9.55. The molecular weight excluding hydrogens is 140 g/mol. The van der Waals surface area contributed by atoms with Crippen LogP contribution in [0, 0.1) is 6.92 Å². The molecule has 0 aliphatic carbocycles. The molecule has 1 aromatic rings. The summed E-state index contributed by atoms with van der Waals surface area (Å²) in [6.45, 7) is 1.76. The quantitative estimate of drug-likeness (QED) is 0.636. The van der Waals surface area contributed by atoms with Crippen LogP contribution in [0.5, 0.6) is 0 Å². The Labute approximate surface area is 65.0 Å². The first-order valence-electron chi connectivity index (χ1n) is 3.24. The predicted molar refractivity (Wildman–Crippen MR) is 42.5 cm³/mol. The first kappa shape index (κ1) is 7.60. The largest absolute Gasteiger partial charge is 0.366 e. The lowest BCUT2D eigenvalue weighted by Crippen LogP contribution is -2.13. The van der Waals surface area contributed by atoms with Crippen molar-refractivity contribution in [2.24, 2.45) is 5.73 Å². The number of hydrogen-bond donors (Lipinski definition) is 1. The van der Waals surface area contributed by atoms with Crippen LogP contribution in [0.4, 0.5) is 5.69 Å². The first-order valence-corrected chi connectivity index (χ1v) is 3.24. The Morgan fingerprint density at radius 3 is 2.55 bits per heavy atom. The lowest BCUT2D eigenvalue weighted by atomic mass is 10.1. The van der Waals surface area contributed by atoms with Gasteiger partial charge in [0.25, 0.3) is 5.91 Å². The van der Waals surface area contributed by atoms with Crippen LogP contribution in [0.3, 0.4) is 0 Å². The third kappa shape index (κ3) is 1.32. The number of carbonyl (C=O) groups excluding carboxylic acids is 1. The zero-order chi connectivity index (χ0) is 8.43. The monoisotopic (exact) mass is 149 g/mol. The average molecular weight is 149 g/mol. The molecule has 3 heteroatoms. The number of primary amides is 1. The van der Waals surface area contributed by atoms with E-state index in [0.717, 1.165) is 5.56 Å². The minimum Gasteiger partial charge on any atom is -0.366 e. The fourth-order valence-corrected chi connectivity index (χ4v) is 0.995. The fraction of sp³-hybridized carbons (Fsp3) is 0.125. The first-order chi connectivity index (χ1) is 5.13. The third-order valence-electron chi connectivity index (χ3n) is 1.52. The van der Waals surface area contributed by atoms with E-state index in [-0.39, 0.29) is 5.69 Å². The van der Waals surface area contributed by atoms with Crippen LogP contribution in [-0.2, 0) is 0 Å². The van der Waals surface area contributed by atoms with Gasteiger partial charge in [-0.05, 0) is 18.6 Å². The van der Waals surface area contributed by atoms with Crippen LogP contribution >= 0.6 is 0 Å². The molecule has 0 fully saturated rings. The van der Waals surface area contributed by atoms with Gasteiger partial charge in [0.15, 0.2) is 0 Å². The maximum Gasteiger partial charge on any atom is 0.251 e. The van der Waals surface area contributed by atoms with E-state index >= 15 is 0 Å². The number of amides is 1. The highest BCUT2D eigenvalue weighted by Crippen LogP contribution is 2.15. The number of hydrogen-bond acceptors (Lipinski definition) is 1. The Morgan fingerprint density at radius 2 is 2.18 bits per heavy atom. The van der Waals surface area contributed by atoms with Gasteiger partial charge in [-0.2, -0.15) is 0 Å². The van der Waals surface area contributed by atoms with Gasteiger partial charge in [-0.15, -0.1) is 0 Å². The number of aryl methyl sites for hydroxylation is 1. The Kier molecular flexibility index (Phi) is 1.81. The van der Waals surface area contributed by atoms with Gasteiger partial charge in [-0.1, -0.05) is 12.1 Å². The van der Waals surface area contributed by atoms with Crippen molar-refractivity contribution in [2.75, 3.05) is 0 Å². The average Bonchev–Trinajstić information content (AvgIpc) is 1.85. The molecule has 0 bridgehead atoms. The van der Waals surface area contributed by atoms with Gasteiger partial charge in [0.2, 0.25) is 0 Å². The van der Waals surface area contributed by atoms with E-state index in [4.69, 9.17) is 11.5 Å². The molecule has 0 atom stereocenters. The molecular formula is C8H9N2O. The lowest BCUT2D eigenvalue weighted by molar-refractivity contribution is 0.100. The second kappa shape index (κ2) is 2.62. The summed E-state index contributed by atoms with van der Waals surface area (Å²) in [6.07, 6.45) is 0. The maximum atomic E-state index is 10.7. The molecule has 1 aromatic carbocycles. The topological polar surface area (TPSA) is 66.9 Å². The molecule has 0 aromatic heterocycles. The molecule has 0 saturated heterocycles. The van der Waals surface area contributed by atoms with Crippen LogP contribution in [0.1, 0.15) is 15.9 Å². The summed E-state index contributed by atoms with van der Waals surface area (Å²) in [5, 5.41) is 0. The van der Waals surface area contributed by atoms with Crippen LogP contribution in [0.15, 0.2) is 18.2 Å². The number of nitrogens with one attached hydrogen (secondary N) is 1. The minimum atomic E-state index is -0.534. The van der Waals surface area contributed by atoms with E-state index in [2.05, 4.69) is 0 Å².